The van der Waals surface area contributed by atoms with Gasteiger partial charge in [0.2, 0.25) is 0 Å². The first-order chi connectivity index (χ1) is 6.20. The van der Waals surface area contributed by atoms with Crippen LogP contribution in [0.3, 0.4) is 0 Å². The van der Waals surface area contributed by atoms with Gasteiger partial charge in [0.25, 0.3) is 0 Å². The van der Waals surface area contributed by atoms with E-state index in [-0.39, 0.29) is 0 Å². The lowest BCUT2D eigenvalue weighted by molar-refractivity contribution is 0.755. The molecule has 1 aromatic carbocycles. The number of halogens is 2. The number of rotatable bonds is 4. The third kappa shape index (κ3) is 3.81. The quantitative estimate of drug-likeness (QED) is 0.814. The Bertz CT molecular complexity index is 297. The molecule has 13 heavy (non-hydrogen) atoms. The maximum atomic E-state index is 5.94. The van der Waals surface area contributed by atoms with Gasteiger partial charge in [-0.15, -0.1) is 0 Å². The van der Waals surface area contributed by atoms with Gasteiger partial charge >= 0.3 is 0 Å². The maximum Gasteiger partial charge on any atom is 0.0450 e. The van der Waals surface area contributed by atoms with E-state index in [1.165, 1.54) is 0 Å². The predicted octanol–water partition coefficient (Wildman–Crippen LogP) is 3.18. The summed E-state index contributed by atoms with van der Waals surface area (Å²) < 4.78 is 0. The van der Waals surface area contributed by atoms with Crippen LogP contribution in [0.4, 0.5) is 0 Å². The van der Waals surface area contributed by atoms with Crippen LogP contribution in [0.15, 0.2) is 35.9 Å². The zero-order valence-corrected chi connectivity index (χ0v) is 8.70. The SMILES string of the molecule is C=C(Cl)CNCc1ccccc1Cl. The van der Waals surface area contributed by atoms with E-state index in [2.05, 4.69) is 11.9 Å². The van der Waals surface area contributed by atoms with Gasteiger partial charge in [0.05, 0.1) is 0 Å². The molecule has 0 fully saturated rings. The summed E-state index contributed by atoms with van der Waals surface area (Å²) in [6, 6.07) is 7.71. The summed E-state index contributed by atoms with van der Waals surface area (Å²) in [5.41, 5.74) is 1.07. The highest BCUT2D eigenvalue weighted by Gasteiger charge is 1.97. The molecule has 0 heterocycles. The first-order valence-electron chi connectivity index (χ1n) is 3.97. The molecule has 0 spiro atoms. The third-order valence-corrected chi connectivity index (χ3v) is 2.09. The standard InChI is InChI=1S/C10H11Cl2N/c1-8(11)6-13-7-9-4-2-3-5-10(9)12/h2-5,13H,1,6-7H2. The zero-order valence-electron chi connectivity index (χ0n) is 7.19. The van der Waals surface area contributed by atoms with Gasteiger partial charge in [-0.3, -0.25) is 0 Å². The number of hydrogen-bond donors (Lipinski definition) is 1. The molecule has 0 saturated heterocycles. The topological polar surface area (TPSA) is 12.0 Å². The monoisotopic (exact) mass is 215 g/mol. The minimum absolute atomic E-state index is 0.604. The van der Waals surface area contributed by atoms with E-state index in [1.807, 2.05) is 24.3 Å². The number of benzene rings is 1. The average Bonchev–Trinajstić information content (AvgIpc) is 2.08. The van der Waals surface area contributed by atoms with Crippen molar-refractivity contribution in [2.24, 2.45) is 0 Å². The summed E-state index contributed by atoms with van der Waals surface area (Å²) in [5, 5.41) is 4.50. The maximum absolute atomic E-state index is 5.94. The summed E-state index contributed by atoms with van der Waals surface area (Å²) in [5.74, 6) is 0. The molecule has 1 nitrogen and oxygen atoms in total. The van der Waals surface area contributed by atoms with Crippen molar-refractivity contribution in [2.45, 2.75) is 6.54 Å². The van der Waals surface area contributed by atoms with Gasteiger partial charge in [-0.2, -0.15) is 0 Å². The van der Waals surface area contributed by atoms with Crippen molar-refractivity contribution in [2.75, 3.05) is 6.54 Å². The Morgan fingerprint density at radius 2 is 2.08 bits per heavy atom. The Hall–Kier alpha value is -0.500. The van der Waals surface area contributed by atoms with E-state index >= 15 is 0 Å². The van der Waals surface area contributed by atoms with Gasteiger partial charge < -0.3 is 5.32 Å². The van der Waals surface area contributed by atoms with Crippen molar-refractivity contribution >= 4 is 23.2 Å². The third-order valence-electron chi connectivity index (χ3n) is 1.59. The highest BCUT2D eigenvalue weighted by Crippen LogP contribution is 2.14. The second-order valence-electron chi connectivity index (χ2n) is 2.71. The molecule has 0 amide bonds. The van der Waals surface area contributed by atoms with E-state index < -0.39 is 0 Å². The van der Waals surface area contributed by atoms with Crippen LogP contribution in [0.5, 0.6) is 0 Å². The van der Waals surface area contributed by atoms with E-state index in [0.29, 0.717) is 18.1 Å². The van der Waals surface area contributed by atoms with Crippen LogP contribution in [0.2, 0.25) is 5.02 Å². The Kier molecular flexibility index (Phi) is 4.29. The fourth-order valence-corrected chi connectivity index (χ4v) is 1.27. The number of hydrogen-bond acceptors (Lipinski definition) is 1. The molecule has 1 rings (SSSR count). The van der Waals surface area contributed by atoms with Crippen LogP contribution < -0.4 is 5.32 Å². The van der Waals surface area contributed by atoms with E-state index in [4.69, 9.17) is 23.2 Å². The molecule has 0 saturated carbocycles. The first kappa shape index (κ1) is 10.6. The minimum atomic E-state index is 0.604. The number of nitrogens with one attached hydrogen (secondary N) is 1. The van der Waals surface area contributed by atoms with Crippen molar-refractivity contribution in [3.8, 4) is 0 Å². The molecule has 0 unspecified atom stereocenters. The molecule has 3 heteroatoms. The Morgan fingerprint density at radius 3 is 2.69 bits per heavy atom. The van der Waals surface area contributed by atoms with Crippen LogP contribution in [-0.4, -0.2) is 6.54 Å². The van der Waals surface area contributed by atoms with E-state index in [9.17, 15) is 0 Å². The predicted molar refractivity (Wildman–Crippen MR) is 58.2 cm³/mol. The molecule has 0 aliphatic carbocycles. The van der Waals surface area contributed by atoms with Crippen molar-refractivity contribution in [1.82, 2.24) is 5.32 Å². The largest absolute Gasteiger partial charge is 0.308 e. The smallest absolute Gasteiger partial charge is 0.0450 e. The Balaban J connectivity index is 2.45. The molecule has 0 atom stereocenters. The van der Waals surface area contributed by atoms with Crippen molar-refractivity contribution in [3.05, 3.63) is 46.5 Å². The zero-order chi connectivity index (χ0) is 9.68. The van der Waals surface area contributed by atoms with Crippen molar-refractivity contribution in [1.29, 1.82) is 0 Å². The molecule has 0 aliphatic rings. The molecular formula is C10H11Cl2N. The summed E-state index contributed by atoms with van der Waals surface area (Å²) in [6.45, 7) is 4.90. The summed E-state index contributed by atoms with van der Waals surface area (Å²) in [4.78, 5) is 0. The van der Waals surface area contributed by atoms with Gasteiger partial charge in [-0.1, -0.05) is 48.0 Å². The molecule has 0 bridgehead atoms. The van der Waals surface area contributed by atoms with E-state index in [1.54, 1.807) is 0 Å². The highest BCUT2D eigenvalue weighted by molar-refractivity contribution is 6.31. The lowest BCUT2D eigenvalue weighted by atomic mass is 10.2. The van der Waals surface area contributed by atoms with Crippen LogP contribution in [0.25, 0.3) is 0 Å². The van der Waals surface area contributed by atoms with E-state index in [0.717, 1.165) is 10.6 Å². The Labute approximate surface area is 88.4 Å². The molecule has 1 N–H and O–H groups in total. The van der Waals surface area contributed by atoms with Gasteiger partial charge in [0.1, 0.15) is 0 Å². The van der Waals surface area contributed by atoms with Crippen molar-refractivity contribution in [3.63, 3.8) is 0 Å². The normalized spacial score (nSPS) is 10.0. The highest BCUT2D eigenvalue weighted by atomic mass is 35.5. The first-order valence-corrected chi connectivity index (χ1v) is 4.73. The Morgan fingerprint density at radius 1 is 1.38 bits per heavy atom. The minimum Gasteiger partial charge on any atom is -0.308 e. The average molecular weight is 216 g/mol. The summed E-state index contributed by atoms with van der Waals surface area (Å²) in [6.07, 6.45) is 0. The van der Waals surface area contributed by atoms with Crippen LogP contribution >= 0.6 is 23.2 Å². The van der Waals surface area contributed by atoms with Crippen LogP contribution in [0, 0.1) is 0 Å². The lowest BCUT2D eigenvalue weighted by Gasteiger charge is -2.04. The molecule has 70 valence electrons. The van der Waals surface area contributed by atoms with Gasteiger partial charge in [0, 0.05) is 23.1 Å². The molecule has 0 radical (unpaired) electrons. The second kappa shape index (κ2) is 5.28. The molecular weight excluding hydrogens is 205 g/mol. The van der Waals surface area contributed by atoms with Crippen molar-refractivity contribution < 1.29 is 0 Å². The van der Waals surface area contributed by atoms with Gasteiger partial charge in [0.15, 0.2) is 0 Å². The molecule has 1 aromatic rings. The van der Waals surface area contributed by atoms with Crippen LogP contribution in [-0.2, 0) is 6.54 Å². The molecule has 0 aromatic heterocycles. The summed E-state index contributed by atoms with van der Waals surface area (Å²) >= 11 is 11.5. The van der Waals surface area contributed by atoms with Gasteiger partial charge in [-0.25, -0.2) is 0 Å². The fourth-order valence-electron chi connectivity index (χ4n) is 0.975. The lowest BCUT2D eigenvalue weighted by Crippen LogP contribution is -2.14. The second-order valence-corrected chi connectivity index (χ2v) is 3.65. The fraction of sp³-hybridized carbons (Fsp3) is 0.200. The van der Waals surface area contributed by atoms with Gasteiger partial charge in [-0.05, 0) is 11.6 Å². The summed E-state index contributed by atoms with van der Waals surface area (Å²) in [7, 11) is 0. The molecule has 0 aliphatic heterocycles. The van der Waals surface area contributed by atoms with Crippen LogP contribution in [0.1, 0.15) is 5.56 Å².